The van der Waals surface area contributed by atoms with E-state index in [1.165, 1.54) is 51.5 Å². The zero-order valence-corrected chi connectivity index (χ0v) is 12.0. The van der Waals surface area contributed by atoms with Crippen LogP contribution < -0.4 is 5.32 Å². The van der Waals surface area contributed by atoms with E-state index in [4.69, 9.17) is 4.74 Å². The van der Waals surface area contributed by atoms with Crippen molar-refractivity contribution >= 4 is 0 Å². The summed E-state index contributed by atoms with van der Waals surface area (Å²) in [6, 6.07) is 1.44. The van der Waals surface area contributed by atoms with Gasteiger partial charge in [0, 0.05) is 31.8 Å². The average Bonchev–Trinajstić information content (AvgIpc) is 2.62. The van der Waals surface area contributed by atoms with Crippen molar-refractivity contribution < 1.29 is 4.74 Å². The van der Waals surface area contributed by atoms with Crippen molar-refractivity contribution in [3.05, 3.63) is 0 Å². The summed E-state index contributed by atoms with van der Waals surface area (Å²) in [6.45, 7) is 7.58. The van der Waals surface area contributed by atoms with Crippen LogP contribution in [0, 0.1) is 0 Å². The van der Waals surface area contributed by atoms with Gasteiger partial charge in [0.25, 0.3) is 0 Å². The molecule has 1 saturated carbocycles. The van der Waals surface area contributed by atoms with Crippen LogP contribution in [-0.4, -0.2) is 49.8 Å². The lowest BCUT2D eigenvalue weighted by Gasteiger charge is -2.38. The quantitative estimate of drug-likeness (QED) is 0.837. The molecule has 1 aliphatic heterocycles. The van der Waals surface area contributed by atoms with Crippen LogP contribution in [0.4, 0.5) is 0 Å². The molecule has 0 amide bonds. The molecule has 1 aliphatic carbocycles. The Hall–Kier alpha value is -0.120. The fourth-order valence-electron chi connectivity index (χ4n) is 3.50. The van der Waals surface area contributed by atoms with Gasteiger partial charge in [0.15, 0.2) is 0 Å². The van der Waals surface area contributed by atoms with Crippen molar-refractivity contribution in [3.63, 3.8) is 0 Å². The van der Waals surface area contributed by atoms with Gasteiger partial charge in [-0.25, -0.2) is 0 Å². The molecule has 18 heavy (non-hydrogen) atoms. The molecular weight excluding hydrogens is 224 g/mol. The predicted molar refractivity (Wildman–Crippen MR) is 76.0 cm³/mol. The number of ether oxygens (including phenoxy) is 1. The first-order valence-corrected chi connectivity index (χ1v) is 7.97. The number of hydrogen-bond donors (Lipinski definition) is 1. The van der Waals surface area contributed by atoms with Gasteiger partial charge in [-0.1, -0.05) is 32.6 Å². The van der Waals surface area contributed by atoms with Gasteiger partial charge in [-0.05, 0) is 25.8 Å². The Labute approximate surface area is 112 Å². The largest absolute Gasteiger partial charge is 0.380 e. The molecule has 1 heterocycles. The maximum Gasteiger partial charge on any atom is 0.0593 e. The summed E-state index contributed by atoms with van der Waals surface area (Å²) in [7, 11) is 0. The Bertz CT molecular complexity index is 213. The third kappa shape index (κ3) is 4.22. The van der Waals surface area contributed by atoms with Gasteiger partial charge in [-0.15, -0.1) is 0 Å². The maximum atomic E-state index is 5.60. The molecule has 3 heteroatoms. The lowest BCUT2D eigenvalue weighted by Crippen LogP contribution is -2.51. The minimum Gasteiger partial charge on any atom is -0.380 e. The molecule has 0 bridgehead atoms. The van der Waals surface area contributed by atoms with E-state index in [1.54, 1.807) is 0 Å². The minimum absolute atomic E-state index is 0.702. The fourth-order valence-corrected chi connectivity index (χ4v) is 3.50. The molecular formula is C15H30N2O. The summed E-state index contributed by atoms with van der Waals surface area (Å²) in [5, 5.41) is 3.74. The van der Waals surface area contributed by atoms with Crippen molar-refractivity contribution in [2.24, 2.45) is 0 Å². The lowest BCUT2D eigenvalue weighted by molar-refractivity contribution is 0.111. The van der Waals surface area contributed by atoms with Crippen LogP contribution in [-0.2, 0) is 4.74 Å². The van der Waals surface area contributed by atoms with Crippen molar-refractivity contribution in [1.82, 2.24) is 10.2 Å². The molecule has 0 radical (unpaired) electrons. The molecule has 1 saturated heterocycles. The molecule has 0 aromatic heterocycles. The van der Waals surface area contributed by atoms with Crippen LogP contribution in [0.1, 0.15) is 51.9 Å². The number of likely N-dealkylation sites (N-methyl/N-ethyl adjacent to an activating group) is 1. The topological polar surface area (TPSA) is 24.5 Å². The highest BCUT2D eigenvalue weighted by Gasteiger charge is 2.27. The second-order valence-corrected chi connectivity index (χ2v) is 5.72. The Morgan fingerprint density at radius 1 is 1.00 bits per heavy atom. The third-order valence-electron chi connectivity index (χ3n) is 4.42. The molecule has 0 spiro atoms. The summed E-state index contributed by atoms with van der Waals surface area (Å²) in [5.74, 6) is 0. The first-order chi connectivity index (χ1) is 8.92. The molecule has 2 aliphatic rings. The van der Waals surface area contributed by atoms with E-state index in [9.17, 15) is 0 Å². The standard InChI is InChI=1S/C15H30N2O/c1-2-16-14-8-5-3-4-6-9-15(14)17-10-7-12-18-13-11-17/h14-16H,2-13H2,1H3. The van der Waals surface area contributed by atoms with E-state index in [0.717, 1.165) is 32.3 Å². The second kappa shape index (κ2) is 8.13. The van der Waals surface area contributed by atoms with Gasteiger partial charge < -0.3 is 10.1 Å². The van der Waals surface area contributed by atoms with Gasteiger partial charge in [0.1, 0.15) is 0 Å². The van der Waals surface area contributed by atoms with Crippen molar-refractivity contribution in [1.29, 1.82) is 0 Å². The Balaban J connectivity index is 1.97. The monoisotopic (exact) mass is 254 g/mol. The van der Waals surface area contributed by atoms with Crippen LogP contribution in [0.3, 0.4) is 0 Å². The van der Waals surface area contributed by atoms with E-state index in [1.807, 2.05) is 0 Å². The highest BCUT2D eigenvalue weighted by molar-refractivity contribution is 4.86. The van der Waals surface area contributed by atoms with E-state index in [2.05, 4.69) is 17.1 Å². The summed E-state index contributed by atoms with van der Waals surface area (Å²) in [6.07, 6.45) is 9.60. The number of nitrogens with one attached hydrogen (secondary N) is 1. The molecule has 0 aromatic carbocycles. The maximum absolute atomic E-state index is 5.60. The molecule has 3 nitrogen and oxygen atoms in total. The van der Waals surface area contributed by atoms with E-state index in [0.29, 0.717) is 6.04 Å². The normalized spacial score (nSPS) is 32.5. The second-order valence-electron chi connectivity index (χ2n) is 5.72. The fraction of sp³-hybridized carbons (Fsp3) is 1.00. The van der Waals surface area contributed by atoms with Crippen molar-refractivity contribution in [2.45, 2.75) is 64.0 Å². The van der Waals surface area contributed by atoms with Crippen LogP contribution in [0.25, 0.3) is 0 Å². The Morgan fingerprint density at radius 3 is 2.67 bits per heavy atom. The number of hydrogen-bond acceptors (Lipinski definition) is 3. The van der Waals surface area contributed by atoms with Crippen LogP contribution in [0.5, 0.6) is 0 Å². The van der Waals surface area contributed by atoms with Gasteiger partial charge in [-0.3, -0.25) is 4.90 Å². The smallest absolute Gasteiger partial charge is 0.0593 e. The summed E-state index contributed by atoms with van der Waals surface area (Å²) >= 11 is 0. The van der Waals surface area contributed by atoms with E-state index < -0.39 is 0 Å². The van der Waals surface area contributed by atoms with E-state index >= 15 is 0 Å². The summed E-state index contributed by atoms with van der Waals surface area (Å²) < 4.78 is 5.60. The van der Waals surface area contributed by atoms with E-state index in [-0.39, 0.29) is 0 Å². The molecule has 2 unspecified atom stereocenters. The van der Waals surface area contributed by atoms with Crippen molar-refractivity contribution in [2.75, 3.05) is 32.8 Å². The van der Waals surface area contributed by atoms with Gasteiger partial charge >= 0.3 is 0 Å². The first kappa shape index (κ1) is 14.3. The summed E-state index contributed by atoms with van der Waals surface area (Å²) in [5.41, 5.74) is 0. The summed E-state index contributed by atoms with van der Waals surface area (Å²) in [4.78, 5) is 2.70. The molecule has 0 aromatic rings. The van der Waals surface area contributed by atoms with Crippen LogP contribution >= 0.6 is 0 Å². The number of rotatable bonds is 3. The van der Waals surface area contributed by atoms with Crippen LogP contribution in [0.2, 0.25) is 0 Å². The highest BCUT2D eigenvalue weighted by Crippen LogP contribution is 2.23. The predicted octanol–water partition coefficient (Wildman–Crippen LogP) is 2.41. The average molecular weight is 254 g/mol. The molecule has 106 valence electrons. The van der Waals surface area contributed by atoms with Crippen LogP contribution in [0.15, 0.2) is 0 Å². The molecule has 1 N–H and O–H groups in total. The van der Waals surface area contributed by atoms with Crippen molar-refractivity contribution in [3.8, 4) is 0 Å². The zero-order valence-electron chi connectivity index (χ0n) is 12.0. The SMILES string of the molecule is CCNC1CCCCCCC1N1CCCOCC1. The molecule has 2 atom stereocenters. The van der Waals surface area contributed by atoms with Gasteiger partial charge in [-0.2, -0.15) is 0 Å². The molecule has 2 fully saturated rings. The zero-order chi connectivity index (χ0) is 12.6. The Kier molecular flexibility index (Phi) is 6.46. The highest BCUT2D eigenvalue weighted by atomic mass is 16.5. The third-order valence-corrected chi connectivity index (χ3v) is 4.42. The first-order valence-electron chi connectivity index (χ1n) is 7.97. The Morgan fingerprint density at radius 2 is 1.83 bits per heavy atom. The van der Waals surface area contributed by atoms with Gasteiger partial charge in [0.2, 0.25) is 0 Å². The minimum atomic E-state index is 0.702. The lowest BCUT2D eigenvalue weighted by atomic mass is 9.91. The number of nitrogens with zero attached hydrogens (tertiary/aromatic N) is 1. The molecule has 2 rings (SSSR count). The van der Waals surface area contributed by atoms with Gasteiger partial charge in [0.05, 0.1) is 6.61 Å².